The molecule has 7 fully saturated rings. The summed E-state index contributed by atoms with van der Waals surface area (Å²) in [6.45, 7) is 11.4. The second-order valence-electron chi connectivity index (χ2n) is 27.8. The van der Waals surface area contributed by atoms with Crippen molar-refractivity contribution < 1.29 is 94.2 Å². The van der Waals surface area contributed by atoms with E-state index >= 15 is 0 Å². The first-order chi connectivity index (χ1) is 48.4. The van der Waals surface area contributed by atoms with Crippen LogP contribution in [-0.2, 0) is 89.4 Å². The molecule has 7 aliphatic heterocycles. The fraction of sp³-hybridized carbons (Fsp3) is 0.629. The maximum atomic E-state index is 14.3. The first-order valence-electron chi connectivity index (χ1n) is 35.2. The minimum absolute atomic E-state index is 0.0520. The summed E-state index contributed by atoms with van der Waals surface area (Å²) in [6, 6.07) is -8.33. The first-order valence-corrected chi connectivity index (χ1v) is 35.2. The van der Waals surface area contributed by atoms with E-state index in [-0.39, 0.29) is 101 Å². The molecular weight excluding hydrogens is 1340 g/mol. The molecule has 7 heterocycles. The Balaban J connectivity index is 0.000000259. The molecule has 0 spiro atoms. The maximum Gasteiger partial charge on any atom is 0.328 e. The summed E-state index contributed by atoms with van der Waals surface area (Å²) in [6.07, 6.45) is 4.01. The Labute approximate surface area is 589 Å². The third-order valence-electron chi connectivity index (χ3n) is 19.6. The van der Waals surface area contributed by atoms with E-state index in [1.165, 1.54) is 57.2 Å². The highest BCUT2D eigenvalue weighted by molar-refractivity contribution is 6.00. The van der Waals surface area contributed by atoms with Crippen molar-refractivity contribution in [3.8, 4) is 0 Å². The van der Waals surface area contributed by atoms with Crippen molar-refractivity contribution in [1.29, 1.82) is 0 Å². The highest BCUT2D eigenvalue weighted by atomic mass is 19.1. The van der Waals surface area contributed by atoms with Gasteiger partial charge >= 0.3 is 11.9 Å². The summed E-state index contributed by atoms with van der Waals surface area (Å²) in [7, 11) is 1.42. The minimum atomic E-state index is -1.55. The largest absolute Gasteiger partial charge is 0.461 e. The van der Waals surface area contributed by atoms with Gasteiger partial charge in [0.25, 0.3) is 0 Å². The van der Waals surface area contributed by atoms with E-state index in [1.54, 1.807) is 13.8 Å². The zero-order chi connectivity index (χ0) is 74.5. The number of piperidine rings is 1. The van der Waals surface area contributed by atoms with Gasteiger partial charge in [0.05, 0.1) is 0 Å². The average Bonchev–Trinajstić information content (AvgIpc) is 1.56. The van der Waals surface area contributed by atoms with Crippen molar-refractivity contribution >= 4 is 82.8 Å². The molecule has 6 N–H and O–H groups in total. The molecule has 7 aliphatic rings. The maximum absolute atomic E-state index is 14.3. The summed E-state index contributed by atoms with van der Waals surface area (Å²) >= 11 is 0. The Morgan fingerprint density at radius 1 is 0.480 bits per heavy atom. The lowest BCUT2D eigenvalue weighted by Crippen LogP contribution is -2.62. The SMILES string of the molecule is CCCC(=O)N[C@@H](Cc1cc(F)cc(F)c1)C(=O)N[C@H]1COC(=O)[C@@H]2C[C@@H](C)CN2C(=O)[C@H](C)NC(=O)[C@@H]2CCCCN2C(=O)[C@@H]2CCCN2C1=O.CCCC(=O)N[C@@H](Cc1cc(F)cc(F)c1)C(=O)N[C@H]1COC(=O)[C@@H]2C[C@@H](C)CN2C(=O)[C@H](C)NC(=O)[C@H](C)N(C)C(=O)[C@@H]2CCCN2C1=O. The number of hydrogen-bond acceptors (Lipinski definition) is 16. The molecule has 0 bridgehead atoms. The topological polar surface area (TPSA) is 349 Å². The highest BCUT2D eigenvalue weighted by Gasteiger charge is 2.48. The number of rotatable bonds is 14. The lowest BCUT2D eigenvalue weighted by atomic mass is 9.99. The highest BCUT2D eigenvalue weighted by Crippen LogP contribution is 2.30. The monoisotopic (exact) mass is 1430 g/mol. The van der Waals surface area contributed by atoms with Crippen LogP contribution in [0.2, 0.25) is 0 Å². The van der Waals surface area contributed by atoms with Gasteiger partial charge in [0.2, 0.25) is 70.9 Å². The van der Waals surface area contributed by atoms with Gasteiger partial charge in [-0.25, -0.2) is 27.2 Å². The van der Waals surface area contributed by atoms with Crippen molar-refractivity contribution in [3.63, 3.8) is 0 Å². The van der Waals surface area contributed by atoms with Gasteiger partial charge in [0.15, 0.2) is 0 Å². The molecular formula is C70H94F4N12O16. The Morgan fingerprint density at radius 2 is 0.863 bits per heavy atom. The first kappa shape index (κ1) is 78.5. The van der Waals surface area contributed by atoms with E-state index in [0.717, 1.165) is 24.3 Å². The number of carbonyl (C=O) groups excluding carboxylic acids is 14. The fourth-order valence-corrected chi connectivity index (χ4v) is 14.3. The number of halogens is 4. The summed E-state index contributed by atoms with van der Waals surface area (Å²) in [4.78, 5) is 198. The molecule has 558 valence electrons. The zero-order valence-electron chi connectivity index (χ0n) is 58.8. The predicted octanol–water partition coefficient (Wildman–Crippen LogP) is 1.36. The summed E-state index contributed by atoms with van der Waals surface area (Å²) < 4.78 is 67.5. The number of fused-ring (bicyclic) bond motifs is 5. The predicted molar refractivity (Wildman–Crippen MR) is 354 cm³/mol. The van der Waals surface area contributed by atoms with Crippen LogP contribution in [0.15, 0.2) is 36.4 Å². The lowest BCUT2D eigenvalue weighted by Gasteiger charge is -2.39. The number of benzene rings is 2. The van der Waals surface area contributed by atoms with E-state index < -0.39 is 192 Å². The Hall–Kier alpha value is -9.26. The van der Waals surface area contributed by atoms with Gasteiger partial charge in [0, 0.05) is 77.6 Å². The normalized spacial score (nSPS) is 27.7. The van der Waals surface area contributed by atoms with Gasteiger partial charge in [0.1, 0.15) is 109 Å². The smallest absolute Gasteiger partial charge is 0.328 e. The van der Waals surface area contributed by atoms with E-state index in [4.69, 9.17) is 9.47 Å². The molecule has 28 nitrogen and oxygen atoms in total. The summed E-state index contributed by atoms with van der Waals surface area (Å²) in [5, 5.41) is 15.6. The van der Waals surface area contributed by atoms with Gasteiger partial charge in [-0.3, -0.25) is 57.5 Å². The molecule has 9 rings (SSSR count). The van der Waals surface area contributed by atoms with Crippen LogP contribution in [-0.4, -0.2) is 238 Å². The van der Waals surface area contributed by atoms with Gasteiger partial charge in [-0.05, 0) is 139 Å². The van der Waals surface area contributed by atoms with Crippen LogP contribution in [0.3, 0.4) is 0 Å². The van der Waals surface area contributed by atoms with Crippen LogP contribution < -0.4 is 31.9 Å². The van der Waals surface area contributed by atoms with Crippen molar-refractivity contribution in [2.75, 3.05) is 53.0 Å². The molecule has 7 saturated heterocycles. The van der Waals surface area contributed by atoms with Crippen molar-refractivity contribution in [2.24, 2.45) is 11.8 Å². The van der Waals surface area contributed by atoms with Crippen LogP contribution in [0.4, 0.5) is 17.6 Å². The average molecular weight is 1440 g/mol. The number of esters is 2. The van der Waals surface area contributed by atoms with E-state index in [9.17, 15) is 84.7 Å². The number of nitrogens with one attached hydrogen (secondary N) is 6. The Kier molecular flexibility index (Phi) is 27.0. The number of ether oxygens (including phenoxy) is 2. The van der Waals surface area contributed by atoms with Crippen molar-refractivity contribution in [1.82, 2.24) is 61.3 Å². The molecule has 0 aliphatic carbocycles. The van der Waals surface area contributed by atoms with Crippen LogP contribution in [0.1, 0.15) is 143 Å². The van der Waals surface area contributed by atoms with Gasteiger partial charge < -0.3 is 70.8 Å². The number of likely N-dealkylation sites (N-methyl/N-ethyl adjacent to an activating group) is 1. The molecule has 0 unspecified atom stereocenters. The Bertz CT molecular complexity index is 3490. The van der Waals surface area contributed by atoms with Crippen molar-refractivity contribution in [3.05, 3.63) is 70.8 Å². The van der Waals surface area contributed by atoms with Crippen LogP contribution in [0.5, 0.6) is 0 Å². The molecule has 12 amide bonds. The van der Waals surface area contributed by atoms with E-state index in [2.05, 4.69) is 31.9 Å². The van der Waals surface area contributed by atoms with Crippen LogP contribution >= 0.6 is 0 Å². The second kappa shape index (κ2) is 35.1. The standard InChI is InChI=1S/C36H48F2N6O8.C34H46F2N6O8/c1-4-8-30(45)40-25(16-22-14-23(37)17-24(38)15-22)31(46)41-26-19-52-36(51)29-13-20(2)18-44(29)33(48)21(3)39-32(47)27-9-5-6-11-42(27)35(50)28-10-7-12-43(28)34(26)49;1-6-8-28(43)38-24(14-21-12-22(35)15-23(36)13-21)30(45)39-25-17-50-34(49)27-11-18(2)16-42(27)31(46)19(3)37-29(44)20(4)40(5)33(48)26-9-7-10-41(26)32(25)47/h14-15,17,20-21,25-29H,4-13,16,18-19H2,1-3H3,(H,39,47)(H,40,45)(H,41,46);12-13,15,18-20,24-27H,6-11,14,16-17H2,1-5H3,(H,37,44)(H,38,43)(H,39,45)/t20-,21+,25+,26+,27+,28+,29+;18-,19+,20+,24+,25+,26+,27+/m11/s1. The van der Waals surface area contributed by atoms with E-state index in [1.807, 2.05) is 13.8 Å². The number of amides is 12. The molecule has 102 heavy (non-hydrogen) atoms. The number of nitrogens with zero attached hydrogens (tertiary/aromatic N) is 6. The van der Waals surface area contributed by atoms with Crippen molar-refractivity contribution in [2.45, 2.75) is 217 Å². The van der Waals surface area contributed by atoms with Crippen LogP contribution in [0.25, 0.3) is 0 Å². The molecule has 0 radical (unpaired) electrons. The van der Waals surface area contributed by atoms with E-state index in [0.29, 0.717) is 63.5 Å². The second-order valence-corrected chi connectivity index (χ2v) is 27.8. The molecule has 0 aromatic heterocycles. The van der Waals surface area contributed by atoms with Gasteiger partial charge in [-0.1, -0.05) is 27.7 Å². The van der Waals surface area contributed by atoms with Gasteiger partial charge in [-0.15, -0.1) is 0 Å². The zero-order valence-corrected chi connectivity index (χ0v) is 58.8. The third-order valence-corrected chi connectivity index (χ3v) is 19.6. The molecule has 2 aromatic carbocycles. The Morgan fingerprint density at radius 3 is 1.28 bits per heavy atom. The molecule has 32 heteroatoms. The van der Waals surface area contributed by atoms with Crippen LogP contribution in [0, 0.1) is 35.1 Å². The molecule has 14 atom stereocenters. The lowest BCUT2D eigenvalue weighted by molar-refractivity contribution is -0.158. The molecule has 0 saturated carbocycles. The summed E-state index contributed by atoms with van der Waals surface area (Å²) in [5.74, 6) is -12.7. The number of carbonyl (C=O) groups is 14. The summed E-state index contributed by atoms with van der Waals surface area (Å²) in [5.41, 5.74) is 0.140. The quantitative estimate of drug-likeness (QED) is 0.115. The molecule has 2 aromatic rings. The number of cyclic esters (lactones) is 2. The fourth-order valence-electron chi connectivity index (χ4n) is 14.3. The van der Waals surface area contributed by atoms with Gasteiger partial charge in [-0.2, -0.15) is 0 Å². The minimum Gasteiger partial charge on any atom is -0.461 e. The number of hydrogen-bond donors (Lipinski definition) is 6. The third kappa shape index (κ3) is 19.5.